The van der Waals surface area contributed by atoms with Gasteiger partial charge in [0.2, 0.25) is 0 Å². The van der Waals surface area contributed by atoms with Crippen molar-refractivity contribution < 1.29 is 5.11 Å². The molecule has 1 N–H and O–H groups in total. The topological polar surface area (TPSA) is 20.2 Å². The maximum absolute atomic E-state index is 8.76. The number of hydrogen-bond acceptors (Lipinski definition) is 2. The van der Waals surface area contributed by atoms with Crippen LogP contribution >= 0.6 is 12.6 Å². The second-order valence-corrected chi connectivity index (χ2v) is 3.57. The first kappa shape index (κ1) is 8.19. The minimum absolute atomic E-state index is 0.202. The van der Waals surface area contributed by atoms with Gasteiger partial charge in [0.05, 0.1) is 0 Å². The molecule has 0 aliphatic rings. The van der Waals surface area contributed by atoms with Crippen molar-refractivity contribution >= 4 is 37.3 Å². The molecule has 2 unspecified atom stereocenters. The normalized spacial score (nSPS) is 18.9. The SMILES string of the molecule is CC(O)C(S)[CH2][Bi]. The Morgan fingerprint density at radius 3 is 2.29 bits per heavy atom. The van der Waals surface area contributed by atoms with Crippen molar-refractivity contribution in [2.45, 2.75) is 22.4 Å². The first-order valence-electron chi connectivity index (χ1n) is 2.15. The first-order chi connectivity index (χ1) is 3.18. The van der Waals surface area contributed by atoms with E-state index in [-0.39, 0.29) is 11.4 Å². The van der Waals surface area contributed by atoms with Crippen molar-refractivity contribution in [2.75, 3.05) is 0 Å². The summed E-state index contributed by atoms with van der Waals surface area (Å²) < 4.78 is 1.04. The van der Waals surface area contributed by atoms with E-state index in [1.807, 2.05) is 0 Å². The number of aliphatic hydroxyl groups is 1. The molecule has 42 valence electrons. The molecular formula is C4H9BiOS. The molecule has 0 rings (SSSR count). The molecule has 0 heterocycles. The molecule has 0 amide bonds. The van der Waals surface area contributed by atoms with Crippen LogP contribution in [-0.4, -0.2) is 41.2 Å². The molecule has 0 aromatic carbocycles. The molecule has 2 atom stereocenters. The van der Waals surface area contributed by atoms with E-state index >= 15 is 0 Å². The predicted molar refractivity (Wildman–Crippen MR) is 35.0 cm³/mol. The molecule has 0 spiro atoms. The van der Waals surface area contributed by atoms with Crippen molar-refractivity contribution in [3.05, 3.63) is 0 Å². The summed E-state index contributed by atoms with van der Waals surface area (Å²) in [6.07, 6.45) is -0.242. The second-order valence-electron chi connectivity index (χ2n) is 1.49. The summed E-state index contributed by atoms with van der Waals surface area (Å²) in [4.78, 5) is 0. The molecule has 0 aliphatic heterocycles. The fourth-order valence-corrected chi connectivity index (χ4v) is 1.34. The molecule has 0 aromatic rings. The Hall–Kier alpha value is 1.19. The molecule has 0 saturated carbocycles. The van der Waals surface area contributed by atoms with E-state index < -0.39 is 0 Å². The molecule has 2 radical (unpaired) electrons. The summed E-state index contributed by atoms with van der Waals surface area (Å²) >= 11 is 5.41. The summed E-state index contributed by atoms with van der Waals surface area (Å²) in [6, 6.07) is 0. The van der Waals surface area contributed by atoms with Gasteiger partial charge in [-0.05, 0) is 0 Å². The molecule has 0 fully saturated rings. The van der Waals surface area contributed by atoms with Crippen molar-refractivity contribution in [3.63, 3.8) is 0 Å². The van der Waals surface area contributed by atoms with Gasteiger partial charge in [-0.3, -0.25) is 0 Å². The van der Waals surface area contributed by atoms with Crippen LogP contribution in [0, 0.1) is 0 Å². The predicted octanol–water partition coefficient (Wildman–Crippen LogP) is 0.252. The fraction of sp³-hybridized carbons (Fsp3) is 1.00. The van der Waals surface area contributed by atoms with Crippen molar-refractivity contribution in [1.82, 2.24) is 0 Å². The van der Waals surface area contributed by atoms with Gasteiger partial charge in [-0.25, -0.2) is 0 Å². The van der Waals surface area contributed by atoms with Gasteiger partial charge < -0.3 is 0 Å². The Bertz CT molecular complexity index is 49.0. The summed E-state index contributed by atoms with van der Waals surface area (Å²) in [5.74, 6) is 0. The van der Waals surface area contributed by atoms with Crippen molar-refractivity contribution in [1.29, 1.82) is 0 Å². The first-order valence-corrected chi connectivity index (χ1v) is 5.13. The number of thiol groups is 1. The van der Waals surface area contributed by atoms with Crippen LogP contribution in [0.4, 0.5) is 0 Å². The summed E-state index contributed by atoms with van der Waals surface area (Å²) in [7, 11) is 0. The van der Waals surface area contributed by atoms with E-state index in [4.69, 9.17) is 5.11 Å². The van der Waals surface area contributed by atoms with Crippen LogP contribution in [0.5, 0.6) is 0 Å². The zero-order chi connectivity index (χ0) is 5.86. The Balaban J connectivity index is 3.14. The average Bonchev–Trinajstić information content (AvgIpc) is 1.65. The minimum atomic E-state index is -0.242. The quantitative estimate of drug-likeness (QED) is 0.553. The molecule has 0 aromatic heterocycles. The number of hydrogen-bond donors (Lipinski definition) is 2. The zero-order valence-electron chi connectivity index (χ0n) is 4.20. The Kier molecular flexibility index (Phi) is 4.81. The average molecular weight is 314 g/mol. The third-order valence-corrected chi connectivity index (χ3v) is 4.06. The van der Waals surface area contributed by atoms with Crippen molar-refractivity contribution in [2.24, 2.45) is 0 Å². The van der Waals surface area contributed by atoms with Crippen LogP contribution in [0.2, 0.25) is 4.13 Å². The summed E-state index contributed by atoms with van der Waals surface area (Å²) in [5, 5.41) is 8.96. The van der Waals surface area contributed by atoms with Gasteiger partial charge in [0.25, 0.3) is 0 Å². The van der Waals surface area contributed by atoms with Crippen LogP contribution in [0.25, 0.3) is 0 Å². The fourth-order valence-electron chi connectivity index (χ4n) is 0.153. The maximum atomic E-state index is 8.76. The summed E-state index contributed by atoms with van der Waals surface area (Å²) in [6.45, 7) is 1.77. The third-order valence-electron chi connectivity index (χ3n) is 0.744. The van der Waals surface area contributed by atoms with Crippen molar-refractivity contribution in [3.8, 4) is 0 Å². The van der Waals surface area contributed by atoms with E-state index in [0.717, 1.165) is 4.13 Å². The second kappa shape index (κ2) is 4.11. The van der Waals surface area contributed by atoms with E-state index in [9.17, 15) is 0 Å². The van der Waals surface area contributed by atoms with Gasteiger partial charge in [-0.15, -0.1) is 0 Å². The van der Waals surface area contributed by atoms with Crippen LogP contribution in [-0.2, 0) is 0 Å². The molecular weight excluding hydrogens is 305 g/mol. The molecule has 0 saturated heterocycles. The summed E-state index contributed by atoms with van der Waals surface area (Å²) in [5.41, 5.74) is 0. The number of aliphatic hydroxyl groups excluding tert-OH is 1. The molecule has 7 heavy (non-hydrogen) atoms. The molecule has 3 heteroatoms. The van der Waals surface area contributed by atoms with E-state index in [1.165, 1.54) is 24.7 Å². The van der Waals surface area contributed by atoms with Gasteiger partial charge in [0, 0.05) is 0 Å². The monoisotopic (exact) mass is 314 g/mol. The zero-order valence-corrected chi connectivity index (χ0v) is 8.57. The van der Waals surface area contributed by atoms with Gasteiger partial charge in [-0.2, -0.15) is 0 Å². The van der Waals surface area contributed by atoms with E-state index in [0.29, 0.717) is 0 Å². The van der Waals surface area contributed by atoms with E-state index in [2.05, 4.69) is 12.6 Å². The van der Waals surface area contributed by atoms with Crippen LogP contribution in [0.1, 0.15) is 6.92 Å². The molecule has 0 aliphatic carbocycles. The third kappa shape index (κ3) is 3.75. The van der Waals surface area contributed by atoms with Gasteiger partial charge in [0.15, 0.2) is 0 Å². The Labute approximate surface area is 64.8 Å². The number of rotatable bonds is 2. The Morgan fingerprint density at radius 2 is 2.29 bits per heavy atom. The van der Waals surface area contributed by atoms with Gasteiger partial charge >= 0.3 is 64.9 Å². The molecule has 0 bridgehead atoms. The Morgan fingerprint density at radius 1 is 1.86 bits per heavy atom. The van der Waals surface area contributed by atoms with E-state index in [1.54, 1.807) is 6.92 Å². The van der Waals surface area contributed by atoms with Gasteiger partial charge in [-0.1, -0.05) is 0 Å². The van der Waals surface area contributed by atoms with Gasteiger partial charge in [0.1, 0.15) is 0 Å². The van der Waals surface area contributed by atoms with Crippen LogP contribution in [0.15, 0.2) is 0 Å². The van der Waals surface area contributed by atoms with Crippen LogP contribution in [0.3, 0.4) is 0 Å². The van der Waals surface area contributed by atoms with Crippen LogP contribution < -0.4 is 0 Å². The standard InChI is InChI=1S/C4H9OS.Bi/c1-3(5)4(2)6;/h3-6H,2H2,1H3;. The molecule has 1 nitrogen and oxygen atoms in total.